The van der Waals surface area contributed by atoms with Crippen LogP contribution < -0.4 is 4.74 Å². The minimum atomic E-state index is -1.53. The molecule has 1 saturated carbocycles. The maximum absolute atomic E-state index is 14.8. The van der Waals surface area contributed by atoms with Crippen LogP contribution >= 0.6 is 0 Å². The lowest BCUT2D eigenvalue weighted by atomic mass is 9.88. The summed E-state index contributed by atoms with van der Waals surface area (Å²) >= 11 is 0. The van der Waals surface area contributed by atoms with Crippen molar-refractivity contribution in [2.45, 2.75) is 129 Å². The minimum absolute atomic E-state index is 0.226. The van der Waals surface area contributed by atoms with Gasteiger partial charge in [0.25, 0.3) is 0 Å². The van der Waals surface area contributed by atoms with Crippen molar-refractivity contribution in [3.05, 3.63) is 47.9 Å². The van der Waals surface area contributed by atoms with E-state index in [0.29, 0.717) is 25.9 Å². The number of nitrogens with zero attached hydrogens (tertiary/aromatic N) is 1. The van der Waals surface area contributed by atoms with E-state index in [1.807, 2.05) is 25.3 Å². The van der Waals surface area contributed by atoms with Crippen LogP contribution in [0.15, 0.2) is 36.5 Å². The Kier molecular flexibility index (Phi) is 14.4. The molecule has 0 saturated heterocycles. The van der Waals surface area contributed by atoms with Gasteiger partial charge in [0.1, 0.15) is 6.10 Å². The van der Waals surface area contributed by atoms with Gasteiger partial charge < -0.3 is 9.47 Å². The maximum Gasteiger partial charge on any atom is 0.340 e. The molecule has 1 atom stereocenters. The molecule has 0 unspecified atom stereocenters. The SMILES string of the molecule is CCCCCCCCCCc1ccc(-c2ccc(OC[C@H]3CC[C@H](OC(=O)[C@@H](F)CCCC)CC3)c(F)c2)nc1. The van der Waals surface area contributed by atoms with Crippen LogP contribution in [0.2, 0.25) is 0 Å². The van der Waals surface area contributed by atoms with E-state index in [9.17, 15) is 13.6 Å². The van der Waals surface area contributed by atoms with Crippen LogP contribution in [0, 0.1) is 11.7 Å². The standard InChI is InChI=1S/C34H49F2NO3/c1-3-5-7-8-9-10-11-12-13-26-17-21-32(37-24-26)28-18-22-33(31(36)23-28)39-25-27-15-19-29(20-16-27)40-34(38)30(35)14-6-4-2/h17-18,21-24,27,29-30H,3-16,19-20,25H2,1-2H3/t27-,29-,30-/m0/s1. The number of carbonyl (C=O) groups excluding carboxylic acids is 1. The molecule has 0 N–H and O–H groups in total. The molecule has 0 aliphatic heterocycles. The van der Waals surface area contributed by atoms with E-state index in [4.69, 9.17) is 9.47 Å². The molecule has 0 bridgehead atoms. The molecule has 40 heavy (non-hydrogen) atoms. The van der Waals surface area contributed by atoms with E-state index in [-0.39, 0.29) is 24.2 Å². The Hall–Kier alpha value is -2.50. The second-order valence-electron chi connectivity index (χ2n) is 11.4. The highest BCUT2D eigenvalue weighted by molar-refractivity contribution is 5.74. The largest absolute Gasteiger partial charge is 0.490 e. The average Bonchev–Trinajstić information content (AvgIpc) is 2.97. The van der Waals surface area contributed by atoms with Gasteiger partial charge in [-0.15, -0.1) is 0 Å². The number of hydrogen-bond acceptors (Lipinski definition) is 4. The highest BCUT2D eigenvalue weighted by Crippen LogP contribution is 2.30. The highest BCUT2D eigenvalue weighted by atomic mass is 19.1. The second-order valence-corrected chi connectivity index (χ2v) is 11.4. The molecule has 4 nitrogen and oxygen atoms in total. The predicted octanol–water partition coefficient (Wildman–Crippen LogP) is 9.58. The quantitative estimate of drug-likeness (QED) is 0.135. The number of benzene rings is 1. The highest BCUT2D eigenvalue weighted by Gasteiger charge is 2.27. The van der Waals surface area contributed by atoms with E-state index in [2.05, 4.69) is 18.0 Å². The van der Waals surface area contributed by atoms with Crippen molar-refractivity contribution in [2.75, 3.05) is 6.61 Å². The van der Waals surface area contributed by atoms with Gasteiger partial charge in [0.05, 0.1) is 12.3 Å². The summed E-state index contributed by atoms with van der Waals surface area (Å²) in [7, 11) is 0. The van der Waals surface area contributed by atoms with Gasteiger partial charge >= 0.3 is 5.97 Å². The topological polar surface area (TPSA) is 48.4 Å². The summed E-state index contributed by atoms with van der Waals surface area (Å²) in [6.07, 6.45) is 16.3. The van der Waals surface area contributed by atoms with E-state index in [0.717, 1.165) is 36.9 Å². The molecule has 3 rings (SSSR count). The summed E-state index contributed by atoms with van der Waals surface area (Å²) in [5.74, 6) is -0.640. The Morgan fingerprint density at radius 2 is 1.62 bits per heavy atom. The van der Waals surface area contributed by atoms with Gasteiger partial charge in [0.2, 0.25) is 0 Å². The van der Waals surface area contributed by atoms with Gasteiger partial charge in [-0.25, -0.2) is 13.6 Å². The fourth-order valence-corrected chi connectivity index (χ4v) is 5.35. The number of aryl methyl sites for hydroxylation is 1. The molecule has 0 radical (unpaired) electrons. The van der Waals surface area contributed by atoms with Gasteiger partial charge in [-0.05, 0) is 80.7 Å². The zero-order valence-electron chi connectivity index (χ0n) is 24.6. The molecular weight excluding hydrogens is 508 g/mol. The van der Waals surface area contributed by atoms with Crippen molar-refractivity contribution in [3.63, 3.8) is 0 Å². The molecule has 222 valence electrons. The number of rotatable bonds is 18. The molecular formula is C34H49F2NO3. The number of ether oxygens (including phenoxy) is 2. The Bertz CT molecular complexity index is 989. The number of esters is 1. The lowest BCUT2D eigenvalue weighted by molar-refractivity contribution is -0.157. The van der Waals surface area contributed by atoms with E-state index in [1.54, 1.807) is 6.07 Å². The first-order chi connectivity index (χ1) is 19.5. The van der Waals surface area contributed by atoms with Crippen molar-refractivity contribution in [2.24, 2.45) is 5.92 Å². The van der Waals surface area contributed by atoms with Crippen LogP contribution in [-0.2, 0) is 16.0 Å². The fraction of sp³-hybridized carbons (Fsp3) is 0.647. The molecule has 0 amide bonds. The number of carbonyl (C=O) groups is 1. The van der Waals surface area contributed by atoms with Crippen molar-refractivity contribution in [1.29, 1.82) is 0 Å². The number of alkyl halides is 1. The van der Waals surface area contributed by atoms with Crippen LogP contribution in [0.5, 0.6) is 5.75 Å². The van der Waals surface area contributed by atoms with Gasteiger partial charge in [-0.3, -0.25) is 4.98 Å². The maximum atomic E-state index is 14.8. The first-order valence-corrected chi connectivity index (χ1v) is 15.7. The van der Waals surface area contributed by atoms with Crippen LogP contribution in [-0.4, -0.2) is 29.8 Å². The fourth-order valence-electron chi connectivity index (χ4n) is 5.35. The van der Waals surface area contributed by atoms with Crippen LogP contribution in [0.3, 0.4) is 0 Å². The van der Waals surface area contributed by atoms with E-state index < -0.39 is 18.0 Å². The molecule has 0 spiro atoms. The number of hydrogen-bond donors (Lipinski definition) is 0. The molecule has 6 heteroatoms. The summed E-state index contributed by atoms with van der Waals surface area (Å²) in [4.78, 5) is 16.5. The Morgan fingerprint density at radius 1 is 0.925 bits per heavy atom. The Labute approximate surface area is 240 Å². The van der Waals surface area contributed by atoms with Crippen molar-refractivity contribution in [3.8, 4) is 17.0 Å². The number of halogens is 2. The third-order valence-electron chi connectivity index (χ3n) is 7.99. The molecule has 1 aliphatic carbocycles. The zero-order chi connectivity index (χ0) is 28.6. The van der Waals surface area contributed by atoms with Crippen LogP contribution in [0.4, 0.5) is 8.78 Å². The first kappa shape index (κ1) is 32.0. The van der Waals surface area contributed by atoms with Crippen molar-refractivity contribution < 1.29 is 23.0 Å². The second kappa shape index (κ2) is 18.0. The Morgan fingerprint density at radius 3 is 2.27 bits per heavy atom. The molecule has 1 aromatic heterocycles. The third kappa shape index (κ3) is 11.2. The Balaban J connectivity index is 1.37. The molecule has 1 aliphatic rings. The first-order valence-electron chi connectivity index (χ1n) is 15.7. The van der Waals surface area contributed by atoms with Crippen molar-refractivity contribution in [1.82, 2.24) is 4.98 Å². The van der Waals surface area contributed by atoms with Gasteiger partial charge in [0, 0.05) is 11.8 Å². The minimum Gasteiger partial charge on any atom is -0.490 e. The van der Waals surface area contributed by atoms with Crippen molar-refractivity contribution >= 4 is 5.97 Å². The van der Waals surface area contributed by atoms with E-state index in [1.165, 1.54) is 63.0 Å². The van der Waals surface area contributed by atoms with E-state index >= 15 is 0 Å². The predicted molar refractivity (Wildman–Crippen MR) is 158 cm³/mol. The zero-order valence-corrected chi connectivity index (χ0v) is 24.6. The van der Waals surface area contributed by atoms with Crippen LogP contribution in [0.1, 0.15) is 116 Å². The van der Waals surface area contributed by atoms with Crippen LogP contribution in [0.25, 0.3) is 11.3 Å². The molecule has 1 aromatic carbocycles. The lowest BCUT2D eigenvalue weighted by Gasteiger charge is -2.28. The van der Waals surface area contributed by atoms with Gasteiger partial charge in [-0.2, -0.15) is 0 Å². The van der Waals surface area contributed by atoms with Gasteiger partial charge in [0.15, 0.2) is 17.7 Å². The normalized spacial score (nSPS) is 17.9. The number of unbranched alkanes of at least 4 members (excludes halogenated alkanes) is 8. The summed E-state index contributed by atoms with van der Waals surface area (Å²) in [6, 6.07) is 9.07. The average molecular weight is 558 g/mol. The van der Waals surface area contributed by atoms with Gasteiger partial charge in [-0.1, -0.05) is 77.7 Å². The smallest absolute Gasteiger partial charge is 0.340 e. The summed E-state index contributed by atoms with van der Waals surface area (Å²) in [5.41, 5.74) is 2.71. The summed E-state index contributed by atoms with van der Waals surface area (Å²) in [6.45, 7) is 4.62. The lowest BCUT2D eigenvalue weighted by Crippen LogP contribution is -2.30. The summed E-state index contributed by atoms with van der Waals surface area (Å²) in [5, 5.41) is 0. The summed E-state index contributed by atoms with van der Waals surface area (Å²) < 4.78 is 39.9. The molecule has 1 heterocycles. The molecule has 2 aromatic rings. The number of aromatic nitrogens is 1. The number of pyridine rings is 1. The monoisotopic (exact) mass is 557 g/mol. The third-order valence-corrected chi connectivity index (χ3v) is 7.99. The molecule has 1 fully saturated rings.